The van der Waals surface area contributed by atoms with Crippen LogP contribution in [0.3, 0.4) is 0 Å². The third kappa shape index (κ3) is 3.83. The fourth-order valence-corrected chi connectivity index (χ4v) is 4.61. The van der Waals surface area contributed by atoms with E-state index in [0.717, 1.165) is 22.5 Å². The molecule has 2 aliphatic heterocycles. The molecular formula is C18H27BrN2O2. The molecule has 2 saturated heterocycles. The van der Waals surface area contributed by atoms with Gasteiger partial charge in [0.2, 0.25) is 0 Å². The lowest BCUT2D eigenvalue weighted by Crippen LogP contribution is -2.38. The number of nitrogens with one attached hydrogen (secondary N) is 1. The van der Waals surface area contributed by atoms with E-state index in [-0.39, 0.29) is 0 Å². The highest BCUT2D eigenvalue weighted by Gasteiger charge is 2.38. The topological polar surface area (TPSA) is 33.7 Å². The molecule has 0 saturated carbocycles. The summed E-state index contributed by atoms with van der Waals surface area (Å²) in [6, 6.07) is 4.29. The summed E-state index contributed by atoms with van der Waals surface area (Å²) in [5.74, 6) is 1.61. The van der Waals surface area contributed by atoms with E-state index < -0.39 is 0 Å². The van der Waals surface area contributed by atoms with Gasteiger partial charge in [0.05, 0.1) is 18.2 Å². The van der Waals surface area contributed by atoms with E-state index in [0.29, 0.717) is 12.0 Å². The smallest absolute Gasteiger partial charge is 0.174 e. The van der Waals surface area contributed by atoms with Crippen molar-refractivity contribution in [1.82, 2.24) is 10.2 Å². The zero-order valence-electron chi connectivity index (χ0n) is 14.2. The van der Waals surface area contributed by atoms with Crippen LogP contribution in [-0.2, 0) is 6.54 Å². The summed E-state index contributed by atoms with van der Waals surface area (Å²) in [6.07, 6.45) is 3.98. The van der Waals surface area contributed by atoms with E-state index in [2.05, 4.69) is 38.3 Å². The first-order valence-electron chi connectivity index (χ1n) is 8.58. The van der Waals surface area contributed by atoms with E-state index in [1.54, 1.807) is 7.11 Å². The second kappa shape index (κ2) is 7.41. The minimum absolute atomic E-state index is 0.553. The van der Waals surface area contributed by atoms with Gasteiger partial charge in [-0.15, -0.1) is 0 Å². The van der Waals surface area contributed by atoms with E-state index in [9.17, 15) is 0 Å². The number of rotatable bonds is 5. The maximum atomic E-state index is 5.74. The number of hydrogen-bond donors (Lipinski definition) is 1. The van der Waals surface area contributed by atoms with Gasteiger partial charge in [0.25, 0.3) is 0 Å². The highest BCUT2D eigenvalue weighted by Crippen LogP contribution is 2.40. The van der Waals surface area contributed by atoms with Crippen LogP contribution in [0.4, 0.5) is 0 Å². The minimum atomic E-state index is 0.553. The summed E-state index contributed by atoms with van der Waals surface area (Å²) < 4.78 is 12.2. The number of likely N-dealkylation sites (tertiary alicyclic amines) is 1. The Balaban J connectivity index is 1.70. The standard InChI is InChI=1S/C18H27BrN2O2/c1-3-23-16-11-14(10-15(19)17(16)22-2)12-21-9-6-18(13-21)4-7-20-8-5-18/h10-11,20H,3-9,12-13H2,1-2H3. The van der Waals surface area contributed by atoms with Gasteiger partial charge in [-0.1, -0.05) is 0 Å². The molecule has 1 N–H and O–H groups in total. The second-order valence-corrected chi connectivity index (χ2v) is 7.61. The van der Waals surface area contributed by atoms with Crippen molar-refractivity contribution in [2.24, 2.45) is 5.41 Å². The zero-order chi connectivity index (χ0) is 16.3. The molecule has 1 spiro atoms. The van der Waals surface area contributed by atoms with Crippen LogP contribution >= 0.6 is 15.9 Å². The van der Waals surface area contributed by atoms with Gasteiger partial charge in [-0.3, -0.25) is 4.90 Å². The predicted octanol–water partition coefficient (Wildman–Crippen LogP) is 3.43. The van der Waals surface area contributed by atoms with Crippen molar-refractivity contribution in [3.05, 3.63) is 22.2 Å². The number of nitrogens with zero attached hydrogens (tertiary/aromatic N) is 1. The Bertz CT molecular complexity index is 544. The first-order chi connectivity index (χ1) is 11.2. The lowest BCUT2D eigenvalue weighted by Gasteiger charge is -2.34. The van der Waals surface area contributed by atoms with Gasteiger partial charge >= 0.3 is 0 Å². The molecule has 2 fully saturated rings. The Hall–Kier alpha value is -0.780. The normalized spacial score (nSPS) is 20.8. The summed E-state index contributed by atoms with van der Waals surface area (Å²) in [5, 5.41) is 3.49. The molecule has 0 unspecified atom stereocenters. The van der Waals surface area contributed by atoms with Crippen molar-refractivity contribution in [1.29, 1.82) is 0 Å². The molecule has 3 rings (SSSR count). The lowest BCUT2D eigenvalue weighted by atomic mass is 9.78. The van der Waals surface area contributed by atoms with Crippen LogP contribution in [0.25, 0.3) is 0 Å². The summed E-state index contributed by atoms with van der Waals surface area (Å²) >= 11 is 3.62. The first kappa shape index (κ1) is 17.1. The molecule has 1 aromatic carbocycles. The third-order valence-corrected chi connectivity index (χ3v) is 5.75. The quantitative estimate of drug-likeness (QED) is 0.845. The molecular weight excluding hydrogens is 356 g/mol. The minimum Gasteiger partial charge on any atom is -0.492 e. The molecule has 2 aliphatic rings. The predicted molar refractivity (Wildman–Crippen MR) is 96.3 cm³/mol. The third-order valence-electron chi connectivity index (χ3n) is 5.16. The van der Waals surface area contributed by atoms with Gasteiger partial charge < -0.3 is 14.8 Å². The monoisotopic (exact) mass is 382 g/mol. The van der Waals surface area contributed by atoms with Gasteiger partial charge in [-0.25, -0.2) is 0 Å². The molecule has 5 heteroatoms. The Morgan fingerprint density at radius 1 is 1.26 bits per heavy atom. The van der Waals surface area contributed by atoms with E-state index in [4.69, 9.17) is 9.47 Å². The Labute approximate surface area is 147 Å². The molecule has 0 atom stereocenters. The van der Waals surface area contributed by atoms with Crippen LogP contribution in [0.2, 0.25) is 0 Å². The first-order valence-corrected chi connectivity index (χ1v) is 9.37. The van der Waals surface area contributed by atoms with E-state index >= 15 is 0 Å². The number of ether oxygens (including phenoxy) is 2. The summed E-state index contributed by atoms with van der Waals surface area (Å²) in [7, 11) is 1.68. The number of halogens is 1. The lowest BCUT2D eigenvalue weighted by molar-refractivity contribution is 0.194. The Morgan fingerprint density at radius 3 is 2.74 bits per heavy atom. The van der Waals surface area contributed by atoms with Crippen molar-refractivity contribution >= 4 is 15.9 Å². The van der Waals surface area contributed by atoms with Gasteiger partial charge in [0.1, 0.15) is 0 Å². The van der Waals surface area contributed by atoms with E-state index in [1.807, 2.05) is 6.92 Å². The zero-order valence-corrected chi connectivity index (χ0v) is 15.7. The summed E-state index contributed by atoms with van der Waals surface area (Å²) in [5.41, 5.74) is 1.84. The van der Waals surface area contributed by atoms with Gasteiger partial charge in [-0.2, -0.15) is 0 Å². The molecule has 2 heterocycles. The van der Waals surface area contributed by atoms with Crippen LogP contribution in [0, 0.1) is 5.41 Å². The molecule has 0 aliphatic carbocycles. The summed E-state index contributed by atoms with van der Waals surface area (Å²) in [6.45, 7) is 8.41. The van der Waals surface area contributed by atoms with Crippen LogP contribution in [0.15, 0.2) is 16.6 Å². The Kier molecular flexibility index (Phi) is 5.49. The Morgan fingerprint density at radius 2 is 2.04 bits per heavy atom. The molecule has 0 bridgehead atoms. The number of piperidine rings is 1. The number of hydrogen-bond acceptors (Lipinski definition) is 4. The van der Waals surface area contributed by atoms with Crippen LogP contribution in [0.1, 0.15) is 31.7 Å². The van der Waals surface area contributed by atoms with Crippen molar-refractivity contribution in [2.75, 3.05) is 39.9 Å². The van der Waals surface area contributed by atoms with Crippen LogP contribution in [0.5, 0.6) is 11.5 Å². The molecule has 0 radical (unpaired) electrons. The highest BCUT2D eigenvalue weighted by atomic mass is 79.9. The largest absolute Gasteiger partial charge is 0.492 e. The van der Waals surface area contributed by atoms with Crippen molar-refractivity contribution < 1.29 is 9.47 Å². The van der Waals surface area contributed by atoms with Gasteiger partial charge in [0.15, 0.2) is 11.5 Å². The number of benzene rings is 1. The molecule has 23 heavy (non-hydrogen) atoms. The van der Waals surface area contributed by atoms with Gasteiger partial charge in [-0.05, 0) is 84.9 Å². The van der Waals surface area contributed by atoms with Crippen molar-refractivity contribution in [3.8, 4) is 11.5 Å². The van der Waals surface area contributed by atoms with Gasteiger partial charge in [0, 0.05) is 13.1 Å². The van der Waals surface area contributed by atoms with E-state index in [1.165, 1.54) is 51.0 Å². The fourth-order valence-electron chi connectivity index (χ4n) is 3.96. The fraction of sp³-hybridized carbons (Fsp3) is 0.667. The molecule has 1 aromatic rings. The second-order valence-electron chi connectivity index (χ2n) is 6.75. The molecule has 4 nitrogen and oxygen atoms in total. The maximum absolute atomic E-state index is 5.74. The average molecular weight is 383 g/mol. The van der Waals surface area contributed by atoms with Crippen molar-refractivity contribution in [2.45, 2.75) is 32.7 Å². The van der Waals surface area contributed by atoms with Crippen LogP contribution in [-0.4, -0.2) is 44.8 Å². The SMILES string of the molecule is CCOc1cc(CN2CCC3(CCNCC3)C2)cc(Br)c1OC. The average Bonchev–Trinajstić information content (AvgIpc) is 2.90. The summed E-state index contributed by atoms with van der Waals surface area (Å²) in [4.78, 5) is 2.59. The number of methoxy groups -OCH3 is 1. The molecule has 0 amide bonds. The highest BCUT2D eigenvalue weighted by molar-refractivity contribution is 9.10. The molecule has 128 valence electrons. The maximum Gasteiger partial charge on any atom is 0.174 e. The van der Waals surface area contributed by atoms with Crippen LogP contribution < -0.4 is 14.8 Å². The molecule has 0 aromatic heterocycles. The van der Waals surface area contributed by atoms with Crippen molar-refractivity contribution in [3.63, 3.8) is 0 Å².